The van der Waals surface area contributed by atoms with Gasteiger partial charge in [0.15, 0.2) is 0 Å². The summed E-state index contributed by atoms with van der Waals surface area (Å²) in [4.78, 5) is 14.8. The third-order valence-electron chi connectivity index (χ3n) is 1.96. The maximum Gasteiger partial charge on any atom is 0.315 e. The van der Waals surface area contributed by atoms with Crippen LogP contribution in [0, 0.1) is 0 Å². The van der Waals surface area contributed by atoms with Crippen LogP contribution in [0.3, 0.4) is 0 Å². The molecule has 13 heavy (non-hydrogen) atoms. The molecule has 0 aliphatic heterocycles. The van der Waals surface area contributed by atoms with Gasteiger partial charge in [-0.15, -0.1) is 0 Å². The lowest BCUT2D eigenvalue weighted by Gasteiger charge is -2.18. The zero-order chi connectivity index (χ0) is 10.1. The van der Waals surface area contributed by atoms with Gasteiger partial charge in [-0.25, -0.2) is 0 Å². The fraction of sp³-hybridized carbons (Fsp3) is 0.333. The normalized spacial score (nSPS) is 11.2. The van der Waals surface area contributed by atoms with Crippen LogP contribution in [-0.4, -0.2) is 16.1 Å². The molecule has 4 nitrogen and oxygen atoms in total. The van der Waals surface area contributed by atoms with Crippen LogP contribution in [0.2, 0.25) is 0 Å². The van der Waals surface area contributed by atoms with Crippen LogP contribution in [0.1, 0.15) is 19.5 Å². The highest BCUT2D eigenvalue weighted by atomic mass is 16.4. The van der Waals surface area contributed by atoms with E-state index in [1.165, 1.54) is 6.20 Å². The highest BCUT2D eigenvalue weighted by Crippen LogP contribution is 2.22. The molecule has 0 fully saturated rings. The first-order valence-electron chi connectivity index (χ1n) is 3.90. The molecule has 4 heteroatoms. The summed E-state index contributed by atoms with van der Waals surface area (Å²) in [6.07, 6.45) is 1.51. The Morgan fingerprint density at radius 2 is 2.23 bits per heavy atom. The Morgan fingerprint density at radius 1 is 1.62 bits per heavy atom. The van der Waals surface area contributed by atoms with E-state index in [2.05, 4.69) is 4.98 Å². The van der Waals surface area contributed by atoms with E-state index in [0.717, 1.165) is 0 Å². The standard InChI is InChI=1S/C9H12N2O2/c1-9(2,8(12)13)7-5-6(10)3-4-11-7/h3-5H,1-2H3,(H2,10,11)(H,12,13). The Balaban J connectivity index is 3.14. The minimum absolute atomic E-state index is 0.472. The van der Waals surface area contributed by atoms with E-state index >= 15 is 0 Å². The molecule has 0 atom stereocenters. The fourth-order valence-electron chi connectivity index (χ4n) is 0.898. The Morgan fingerprint density at radius 3 is 2.69 bits per heavy atom. The topological polar surface area (TPSA) is 76.2 Å². The Hall–Kier alpha value is -1.58. The van der Waals surface area contributed by atoms with E-state index in [9.17, 15) is 4.79 Å². The summed E-state index contributed by atoms with van der Waals surface area (Å²) in [6, 6.07) is 3.20. The number of carboxylic acids is 1. The molecule has 1 rings (SSSR count). The molecule has 1 aromatic rings. The van der Waals surface area contributed by atoms with E-state index in [1.807, 2.05) is 0 Å². The molecule has 0 amide bonds. The van der Waals surface area contributed by atoms with Crippen LogP contribution in [0.25, 0.3) is 0 Å². The lowest BCUT2D eigenvalue weighted by atomic mass is 9.89. The van der Waals surface area contributed by atoms with Crippen molar-refractivity contribution < 1.29 is 9.90 Å². The van der Waals surface area contributed by atoms with E-state index in [0.29, 0.717) is 11.4 Å². The van der Waals surface area contributed by atoms with Crippen LogP contribution in [0.5, 0.6) is 0 Å². The molecule has 1 heterocycles. The summed E-state index contributed by atoms with van der Waals surface area (Å²) >= 11 is 0. The number of rotatable bonds is 2. The van der Waals surface area contributed by atoms with Crippen LogP contribution in [0.4, 0.5) is 5.69 Å². The van der Waals surface area contributed by atoms with Gasteiger partial charge >= 0.3 is 5.97 Å². The molecule has 0 saturated heterocycles. The number of aromatic nitrogens is 1. The zero-order valence-corrected chi connectivity index (χ0v) is 7.61. The molecular weight excluding hydrogens is 168 g/mol. The van der Waals surface area contributed by atoms with Crippen LogP contribution >= 0.6 is 0 Å². The maximum absolute atomic E-state index is 10.9. The number of pyridine rings is 1. The molecule has 0 radical (unpaired) electrons. The second kappa shape index (κ2) is 3.05. The van der Waals surface area contributed by atoms with E-state index < -0.39 is 11.4 Å². The molecule has 0 aliphatic carbocycles. The fourth-order valence-corrected chi connectivity index (χ4v) is 0.898. The van der Waals surface area contributed by atoms with Crippen molar-refractivity contribution in [2.45, 2.75) is 19.3 Å². The predicted molar refractivity (Wildman–Crippen MR) is 49.3 cm³/mol. The first kappa shape index (κ1) is 9.51. The van der Waals surface area contributed by atoms with Crippen molar-refractivity contribution in [2.24, 2.45) is 0 Å². The monoisotopic (exact) mass is 180 g/mol. The van der Waals surface area contributed by atoms with Gasteiger partial charge in [-0.05, 0) is 26.0 Å². The van der Waals surface area contributed by atoms with Gasteiger partial charge in [-0.2, -0.15) is 0 Å². The smallest absolute Gasteiger partial charge is 0.315 e. The molecule has 0 unspecified atom stereocenters. The number of hydrogen-bond donors (Lipinski definition) is 2. The minimum Gasteiger partial charge on any atom is -0.481 e. The number of nitrogens with two attached hydrogens (primary N) is 1. The quantitative estimate of drug-likeness (QED) is 0.712. The summed E-state index contributed by atoms with van der Waals surface area (Å²) in [5, 5.41) is 8.90. The molecular formula is C9H12N2O2. The molecule has 0 spiro atoms. The zero-order valence-electron chi connectivity index (χ0n) is 7.61. The third-order valence-corrected chi connectivity index (χ3v) is 1.96. The van der Waals surface area contributed by atoms with Crippen molar-refractivity contribution in [2.75, 3.05) is 5.73 Å². The number of aliphatic carboxylic acids is 1. The van der Waals surface area contributed by atoms with Crippen molar-refractivity contribution in [3.63, 3.8) is 0 Å². The third kappa shape index (κ3) is 1.77. The van der Waals surface area contributed by atoms with Crippen molar-refractivity contribution in [3.8, 4) is 0 Å². The van der Waals surface area contributed by atoms with Gasteiger partial charge < -0.3 is 10.8 Å². The van der Waals surface area contributed by atoms with Crippen LogP contribution in [0.15, 0.2) is 18.3 Å². The summed E-state index contributed by atoms with van der Waals surface area (Å²) in [6.45, 7) is 3.19. The average molecular weight is 180 g/mol. The van der Waals surface area contributed by atoms with Crippen molar-refractivity contribution in [1.29, 1.82) is 0 Å². The van der Waals surface area contributed by atoms with E-state index in [-0.39, 0.29) is 0 Å². The summed E-state index contributed by atoms with van der Waals surface area (Å²) in [5.41, 5.74) is 5.53. The largest absolute Gasteiger partial charge is 0.481 e. The van der Waals surface area contributed by atoms with Gasteiger partial charge in [0, 0.05) is 11.9 Å². The van der Waals surface area contributed by atoms with Gasteiger partial charge in [0.2, 0.25) is 0 Å². The Labute approximate surface area is 76.4 Å². The Kier molecular flexibility index (Phi) is 2.23. The molecule has 3 N–H and O–H groups in total. The number of carbonyl (C=O) groups is 1. The number of nitrogens with zero attached hydrogens (tertiary/aromatic N) is 1. The summed E-state index contributed by atoms with van der Waals surface area (Å²) in [7, 11) is 0. The molecule has 0 bridgehead atoms. The lowest BCUT2D eigenvalue weighted by Crippen LogP contribution is -2.29. The number of hydrogen-bond acceptors (Lipinski definition) is 3. The number of nitrogen functional groups attached to an aromatic ring is 1. The first-order chi connectivity index (χ1) is 5.94. The second-order valence-corrected chi connectivity index (χ2v) is 3.40. The second-order valence-electron chi connectivity index (χ2n) is 3.40. The van der Waals surface area contributed by atoms with Crippen LogP contribution < -0.4 is 5.73 Å². The molecule has 0 saturated carbocycles. The highest BCUT2D eigenvalue weighted by Gasteiger charge is 2.30. The van der Waals surface area contributed by atoms with Crippen LogP contribution in [-0.2, 0) is 10.2 Å². The molecule has 70 valence electrons. The van der Waals surface area contributed by atoms with E-state index in [4.69, 9.17) is 10.8 Å². The maximum atomic E-state index is 10.9. The predicted octanol–water partition coefficient (Wildman–Crippen LogP) is 1.03. The minimum atomic E-state index is -0.991. The van der Waals surface area contributed by atoms with Gasteiger partial charge in [0.05, 0.1) is 5.69 Å². The van der Waals surface area contributed by atoms with Gasteiger partial charge in [0.25, 0.3) is 0 Å². The lowest BCUT2D eigenvalue weighted by molar-refractivity contribution is -0.142. The highest BCUT2D eigenvalue weighted by molar-refractivity contribution is 5.79. The molecule has 0 aromatic carbocycles. The number of anilines is 1. The van der Waals surface area contributed by atoms with Gasteiger partial charge in [0.1, 0.15) is 5.41 Å². The van der Waals surface area contributed by atoms with Crippen molar-refractivity contribution in [1.82, 2.24) is 4.98 Å². The average Bonchev–Trinajstić information content (AvgIpc) is 2.04. The Bertz CT molecular complexity index is 334. The molecule has 1 aromatic heterocycles. The molecule has 0 aliphatic rings. The summed E-state index contributed by atoms with van der Waals surface area (Å²) < 4.78 is 0. The van der Waals surface area contributed by atoms with Gasteiger partial charge in [-0.1, -0.05) is 0 Å². The van der Waals surface area contributed by atoms with Gasteiger partial charge in [-0.3, -0.25) is 9.78 Å². The SMILES string of the molecule is CC(C)(C(=O)O)c1cc(N)ccn1. The summed E-state index contributed by atoms with van der Waals surface area (Å²) in [5.74, 6) is -0.911. The van der Waals surface area contributed by atoms with Crippen molar-refractivity contribution in [3.05, 3.63) is 24.0 Å². The number of carboxylic acid groups (broad SMARTS) is 1. The van der Waals surface area contributed by atoms with Crippen molar-refractivity contribution >= 4 is 11.7 Å². The van der Waals surface area contributed by atoms with E-state index in [1.54, 1.807) is 26.0 Å². The first-order valence-corrected chi connectivity index (χ1v) is 3.90.